The Balaban J connectivity index is 2.21. The molecule has 128 valence electrons. The number of aliphatic carboxylic acids is 1. The number of aromatic nitrogens is 2. The van der Waals surface area contributed by atoms with Crippen LogP contribution in [0.3, 0.4) is 0 Å². The number of carboxylic acids is 1. The summed E-state index contributed by atoms with van der Waals surface area (Å²) in [5.74, 6) is -1.64. The van der Waals surface area contributed by atoms with Gasteiger partial charge in [0.1, 0.15) is 6.04 Å². The number of carbonyl (C=O) groups excluding carboxylic acids is 1. The molecule has 1 heterocycles. The lowest BCUT2D eigenvalue weighted by atomic mass is 10.0. The minimum Gasteiger partial charge on any atom is -0.480 e. The van der Waals surface area contributed by atoms with Gasteiger partial charge in [-0.05, 0) is 60.0 Å². The Kier molecular flexibility index (Phi) is 5.43. The Hall–Kier alpha value is -2.15. The molecule has 0 radical (unpaired) electrons. The maximum atomic E-state index is 12.2. The highest BCUT2D eigenvalue weighted by atomic mass is 79.9. The molecule has 0 bridgehead atoms. The van der Waals surface area contributed by atoms with E-state index in [1.807, 2.05) is 13.8 Å². The minimum absolute atomic E-state index is 0.197. The highest BCUT2D eigenvalue weighted by Crippen LogP contribution is 2.23. The van der Waals surface area contributed by atoms with Gasteiger partial charge in [-0.15, -0.1) is 0 Å². The van der Waals surface area contributed by atoms with Crippen molar-refractivity contribution in [2.24, 2.45) is 5.92 Å². The van der Waals surface area contributed by atoms with Crippen LogP contribution in [0.4, 0.5) is 0 Å². The molecule has 0 unspecified atom stereocenters. The summed E-state index contributed by atoms with van der Waals surface area (Å²) in [6.07, 6.45) is 0. The molecule has 1 aromatic carbocycles. The second-order valence-corrected chi connectivity index (χ2v) is 6.77. The number of hydrogen-bond acceptors (Lipinski definition) is 3. The lowest BCUT2D eigenvalue weighted by Gasteiger charge is -2.18. The molecule has 0 spiro atoms. The average Bonchev–Trinajstić information content (AvgIpc) is 2.79. The SMILES string of the molecule is Cc1nn(-c2ccc(C(=O)N[C@H](C(=O)O)C(C)C)cc2)c(C)c1Br. The topological polar surface area (TPSA) is 84.2 Å². The number of amides is 1. The van der Waals surface area contributed by atoms with Gasteiger partial charge in [0.15, 0.2) is 0 Å². The predicted molar refractivity (Wildman–Crippen MR) is 94.5 cm³/mol. The summed E-state index contributed by atoms with van der Waals surface area (Å²) in [7, 11) is 0. The molecule has 2 rings (SSSR count). The van der Waals surface area contributed by atoms with Crippen molar-refractivity contribution in [2.75, 3.05) is 0 Å². The second kappa shape index (κ2) is 7.17. The summed E-state index contributed by atoms with van der Waals surface area (Å²) < 4.78 is 2.74. The molecule has 0 saturated heterocycles. The summed E-state index contributed by atoms with van der Waals surface area (Å²) >= 11 is 3.49. The van der Waals surface area contributed by atoms with Crippen molar-refractivity contribution in [2.45, 2.75) is 33.7 Å². The van der Waals surface area contributed by atoms with E-state index < -0.39 is 17.9 Å². The molecule has 2 aromatic rings. The van der Waals surface area contributed by atoms with Crippen molar-refractivity contribution in [3.05, 3.63) is 45.7 Å². The van der Waals surface area contributed by atoms with E-state index >= 15 is 0 Å². The lowest BCUT2D eigenvalue weighted by molar-refractivity contribution is -0.140. The smallest absolute Gasteiger partial charge is 0.326 e. The fraction of sp³-hybridized carbons (Fsp3) is 0.353. The van der Waals surface area contributed by atoms with Gasteiger partial charge >= 0.3 is 5.97 Å². The van der Waals surface area contributed by atoms with Crippen molar-refractivity contribution in [1.29, 1.82) is 0 Å². The molecule has 1 amide bonds. The van der Waals surface area contributed by atoms with Crippen LogP contribution >= 0.6 is 15.9 Å². The van der Waals surface area contributed by atoms with Gasteiger partial charge in [-0.2, -0.15) is 5.10 Å². The van der Waals surface area contributed by atoms with Crippen LogP contribution in [0, 0.1) is 19.8 Å². The lowest BCUT2D eigenvalue weighted by Crippen LogP contribution is -2.44. The van der Waals surface area contributed by atoms with E-state index in [2.05, 4.69) is 26.3 Å². The van der Waals surface area contributed by atoms with E-state index in [-0.39, 0.29) is 5.92 Å². The third kappa shape index (κ3) is 3.67. The van der Waals surface area contributed by atoms with Crippen LogP contribution in [-0.2, 0) is 4.79 Å². The van der Waals surface area contributed by atoms with E-state index in [0.29, 0.717) is 5.56 Å². The third-order valence-electron chi connectivity index (χ3n) is 3.80. The highest BCUT2D eigenvalue weighted by Gasteiger charge is 2.24. The molecule has 1 aromatic heterocycles. The van der Waals surface area contributed by atoms with Crippen LogP contribution in [0.2, 0.25) is 0 Å². The Morgan fingerprint density at radius 1 is 1.21 bits per heavy atom. The van der Waals surface area contributed by atoms with Crippen molar-refractivity contribution in [1.82, 2.24) is 15.1 Å². The summed E-state index contributed by atoms with van der Waals surface area (Å²) in [5, 5.41) is 16.1. The zero-order valence-corrected chi connectivity index (χ0v) is 15.6. The number of carbonyl (C=O) groups is 2. The van der Waals surface area contributed by atoms with Crippen LogP contribution in [0.5, 0.6) is 0 Å². The summed E-state index contributed by atoms with van der Waals surface area (Å²) in [5.41, 5.74) is 3.09. The fourth-order valence-corrected chi connectivity index (χ4v) is 2.61. The van der Waals surface area contributed by atoms with Gasteiger partial charge in [0.25, 0.3) is 5.91 Å². The van der Waals surface area contributed by atoms with E-state index in [0.717, 1.165) is 21.5 Å². The zero-order chi connectivity index (χ0) is 18.0. The highest BCUT2D eigenvalue weighted by molar-refractivity contribution is 9.10. The molecular formula is C17H20BrN3O3. The number of halogens is 1. The van der Waals surface area contributed by atoms with Gasteiger partial charge in [-0.3, -0.25) is 4.79 Å². The van der Waals surface area contributed by atoms with Crippen LogP contribution in [-0.4, -0.2) is 32.8 Å². The average molecular weight is 394 g/mol. The van der Waals surface area contributed by atoms with Gasteiger partial charge in [0, 0.05) is 5.56 Å². The molecule has 0 aliphatic carbocycles. The normalized spacial score (nSPS) is 12.2. The first-order valence-corrected chi connectivity index (χ1v) is 8.37. The second-order valence-electron chi connectivity index (χ2n) is 5.98. The van der Waals surface area contributed by atoms with E-state index in [1.165, 1.54) is 0 Å². The predicted octanol–water partition coefficient (Wildman–Crippen LogP) is 3.09. The number of hydrogen-bond donors (Lipinski definition) is 2. The van der Waals surface area contributed by atoms with Gasteiger partial charge in [0.05, 0.1) is 21.5 Å². The number of benzene rings is 1. The van der Waals surface area contributed by atoms with Gasteiger partial charge < -0.3 is 10.4 Å². The molecule has 0 aliphatic rings. The quantitative estimate of drug-likeness (QED) is 0.817. The van der Waals surface area contributed by atoms with Crippen LogP contribution in [0.15, 0.2) is 28.7 Å². The Bertz CT molecular complexity index is 766. The number of aryl methyl sites for hydroxylation is 1. The largest absolute Gasteiger partial charge is 0.480 e. The van der Waals surface area contributed by atoms with Gasteiger partial charge in [-0.1, -0.05) is 13.8 Å². The van der Waals surface area contributed by atoms with Crippen LogP contribution in [0.1, 0.15) is 35.6 Å². The number of rotatable bonds is 5. The summed E-state index contributed by atoms with van der Waals surface area (Å²) in [6.45, 7) is 7.36. The van der Waals surface area contributed by atoms with Gasteiger partial charge in [-0.25, -0.2) is 9.48 Å². The minimum atomic E-state index is -1.04. The Morgan fingerprint density at radius 2 is 1.79 bits per heavy atom. The van der Waals surface area contributed by atoms with Gasteiger partial charge in [0.2, 0.25) is 0 Å². The monoisotopic (exact) mass is 393 g/mol. The molecule has 7 heteroatoms. The molecule has 24 heavy (non-hydrogen) atoms. The molecule has 0 aliphatic heterocycles. The molecule has 2 N–H and O–H groups in total. The van der Waals surface area contributed by atoms with Crippen molar-refractivity contribution >= 4 is 27.8 Å². The summed E-state index contributed by atoms with van der Waals surface area (Å²) in [4.78, 5) is 23.4. The maximum Gasteiger partial charge on any atom is 0.326 e. The fourth-order valence-electron chi connectivity index (χ4n) is 2.37. The van der Waals surface area contributed by atoms with Crippen LogP contribution < -0.4 is 5.32 Å². The first kappa shape index (κ1) is 18.2. The third-order valence-corrected chi connectivity index (χ3v) is 4.94. The Morgan fingerprint density at radius 3 is 2.21 bits per heavy atom. The number of nitrogens with one attached hydrogen (secondary N) is 1. The molecule has 0 fully saturated rings. The standard InChI is InChI=1S/C17H20BrN3O3/c1-9(2)15(17(23)24)19-16(22)12-5-7-13(8-6-12)21-11(4)14(18)10(3)20-21/h5-9,15H,1-4H3,(H,19,22)(H,23,24)/t15-/m0/s1. The molecular weight excluding hydrogens is 374 g/mol. The van der Waals surface area contributed by atoms with Crippen molar-refractivity contribution in [3.8, 4) is 5.69 Å². The molecule has 1 atom stereocenters. The first-order chi connectivity index (χ1) is 11.2. The van der Waals surface area contributed by atoms with E-state index in [1.54, 1.807) is 42.8 Å². The zero-order valence-electron chi connectivity index (χ0n) is 14.0. The van der Waals surface area contributed by atoms with E-state index in [4.69, 9.17) is 5.11 Å². The number of nitrogens with zero attached hydrogens (tertiary/aromatic N) is 2. The summed E-state index contributed by atoms with van der Waals surface area (Å²) in [6, 6.07) is 5.98. The van der Waals surface area contributed by atoms with Crippen molar-refractivity contribution < 1.29 is 14.7 Å². The van der Waals surface area contributed by atoms with E-state index in [9.17, 15) is 9.59 Å². The molecule has 0 saturated carbocycles. The van der Waals surface area contributed by atoms with Crippen molar-refractivity contribution in [3.63, 3.8) is 0 Å². The maximum absolute atomic E-state index is 12.2. The number of carboxylic acid groups (broad SMARTS) is 1. The first-order valence-electron chi connectivity index (χ1n) is 7.58. The Labute approximate surface area is 149 Å². The van der Waals surface area contributed by atoms with Crippen LogP contribution in [0.25, 0.3) is 5.69 Å². The molecule has 6 nitrogen and oxygen atoms in total.